The number of piperazine rings is 1. The number of benzene rings is 1. The van der Waals surface area contributed by atoms with E-state index in [4.69, 9.17) is 16.3 Å². The predicted octanol–water partition coefficient (Wildman–Crippen LogP) is 2.74. The number of amides is 2. The minimum atomic E-state index is -0.318. The lowest BCUT2D eigenvalue weighted by molar-refractivity contribution is 0.0572. The first-order chi connectivity index (χ1) is 11.1. The summed E-state index contributed by atoms with van der Waals surface area (Å²) in [6, 6.07) is 5.41. The van der Waals surface area contributed by atoms with Crippen LogP contribution in [0.4, 0.5) is 4.79 Å². The van der Waals surface area contributed by atoms with Crippen LogP contribution in [0.15, 0.2) is 24.4 Å². The van der Waals surface area contributed by atoms with Gasteiger partial charge >= 0.3 is 6.09 Å². The number of aromatic amines is 1. The van der Waals surface area contributed by atoms with E-state index >= 15 is 0 Å². The molecule has 1 saturated heterocycles. The number of nitrogens with one attached hydrogen (secondary N) is 1. The van der Waals surface area contributed by atoms with Gasteiger partial charge in [0.15, 0.2) is 0 Å². The minimum absolute atomic E-state index is 0.0397. The molecule has 6 nitrogen and oxygen atoms in total. The van der Waals surface area contributed by atoms with E-state index in [2.05, 4.69) is 4.98 Å². The van der Waals surface area contributed by atoms with Gasteiger partial charge in [0.2, 0.25) is 0 Å². The van der Waals surface area contributed by atoms with Gasteiger partial charge in [-0.2, -0.15) is 0 Å². The number of halogens is 1. The Morgan fingerprint density at radius 3 is 2.61 bits per heavy atom. The summed E-state index contributed by atoms with van der Waals surface area (Å²) in [5.41, 5.74) is 1.47. The highest BCUT2D eigenvalue weighted by Crippen LogP contribution is 2.23. The van der Waals surface area contributed by atoms with Gasteiger partial charge in [-0.25, -0.2) is 4.79 Å². The number of hydrogen-bond acceptors (Lipinski definition) is 3. The number of nitrogens with zero attached hydrogens (tertiary/aromatic N) is 2. The van der Waals surface area contributed by atoms with E-state index in [-0.39, 0.29) is 12.0 Å². The fourth-order valence-electron chi connectivity index (χ4n) is 2.75. The van der Waals surface area contributed by atoms with Gasteiger partial charge in [0.05, 0.1) is 12.2 Å². The average Bonchev–Trinajstić information content (AvgIpc) is 2.97. The molecule has 1 aromatic carbocycles. The second kappa shape index (κ2) is 6.50. The smallest absolute Gasteiger partial charge is 0.409 e. The van der Waals surface area contributed by atoms with Crippen molar-refractivity contribution in [1.82, 2.24) is 14.8 Å². The van der Waals surface area contributed by atoms with Crippen LogP contribution >= 0.6 is 11.6 Å². The van der Waals surface area contributed by atoms with Crippen LogP contribution in [-0.2, 0) is 4.74 Å². The number of hydrogen-bond donors (Lipinski definition) is 1. The first kappa shape index (κ1) is 15.7. The highest BCUT2D eigenvalue weighted by Gasteiger charge is 2.26. The standard InChI is InChI=1S/C16H18ClN3O3/c1-2-23-16(22)20-7-5-19(6-8-20)15(21)13-10-18-14-9-11(17)3-4-12(13)14/h3-4,9-10,18H,2,5-8H2,1H3. The molecule has 2 amide bonds. The van der Waals surface area contributed by atoms with Gasteiger partial charge in [0, 0.05) is 48.3 Å². The molecule has 0 atom stereocenters. The zero-order valence-electron chi connectivity index (χ0n) is 12.8. The van der Waals surface area contributed by atoms with Gasteiger partial charge in [-0.1, -0.05) is 17.7 Å². The summed E-state index contributed by atoms with van der Waals surface area (Å²) in [5.74, 6) is -0.0397. The van der Waals surface area contributed by atoms with Crippen molar-refractivity contribution in [3.63, 3.8) is 0 Å². The molecule has 0 radical (unpaired) electrons. The van der Waals surface area contributed by atoms with Crippen LogP contribution in [0.3, 0.4) is 0 Å². The normalized spacial score (nSPS) is 15.0. The molecule has 7 heteroatoms. The Kier molecular flexibility index (Phi) is 4.43. The van der Waals surface area contributed by atoms with Crippen LogP contribution < -0.4 is 0 Å². The highest BCUT2D eigenvalue weighted by molar-refractivity contribution is 6.31. The summed E-state index contributed by atoms with van der Waals surface area (Å²) in [7, 11) is 0. The van der Waals surface area contributed by atoms with E-state index < -0.39 is 0 Å². The van der Waals surface area contributed by atoms with Gasteiger partial charge in [0.25, 0.3) is 5.91 Å². The average molecular weight is 336 g/mol. The third-order valence-corrected chi connectivity index (χ3v) is 4.20. The summed E-state index contributed by atoms with van der Waals surface area (Å²) in [6.07, 6.45) is 1.39. The summed E-state index contributed by atoms with van der Waals surface area (Å²) in [5, 5.41) is 1.48. The predicted molar refractivity (Wildman–Crippen MR) is 87.8 cm³/mol. The van der Waals surface area contributed by atoms with Crippen molar-refractivity contribution in [1.29, 1.82) is 0 Å². The van der Waals surface area contributed by atoms with Crippen molar-refractivity contribution >= 4 is 34.5 Å². The number of carbonyl (C=O) groups excluding carboxylic acids is 2. The van der Waals surface area contributed by atoms with Gasteiger partial charge in [-0.05, 0) is 19.1 Å². The Labute approximate surface area is 138 Å². The maximum absolute atomic E-state index is 12.7. The molecule has 1 fully saturated rings. The molecule has 1 aliphatic rings. The Hall–Kier alpha value is -2.21. The first-order valence-corrected chi connectivity index (χ1v) is 7.95. The van der Waals surface area contributed by atoms with E-state index in [1.807, 2.05) is 6.07 Å². The Morgan fingerprint density at radius 1 is 1.22 bits per heavy atom. The zero-order valence-corrected chi connectivity index (χ0v) is 13.6. The second-order valence-corrected chi connectivity index (χ2v) is 5.81. The summed E-state index contributed by atoms with van der Waals surface area (Å²) in [4.78, 5) is 30.9. The SMILES string of the molecule is CCOC(=O)N1CCN(C(=O)c2c[nH]c3cc(Cl)ccc23)CC1. The van der Waals surface area contributed by atoms with Crippen LogP contribution in [0.1, 0.15) is 17.3 Å². The van der Waals surface area contributed by atoms with Gasteiger partial charge in [0.1, 0.15) is 0 Å². The van der Waals surface area contributed by atoms with Crippen molar-refractivity contribution in [2.24, 2.45) is 0 Å². The topological polar surface area (TPSA) is 65.6 Å². The fourth-order valence-corrected chi connectivity index (χ4v) is 2.92. The number of rotatable bonds is 2. The van der Waals surface area contributed by atoms with E-state index in [9.17, 15) is 9.59 Å². The first-order valence-electron chi connectivity index (χ1n) is 7.57. The fraction of sp³-hybridized carbons (Fsp3) is 0.375. The van der Waals surface area contributed by atoms with Crippen LogP contribution in [0.5, 0.6) is 0 Å². The number of aromatic nitrogens is 1. The lowest BCUT2D eigenvalue weighted by Crippen LogP contribution is -2.50. The zero-order chi connectivity index (χ0) is 16.4. The van der Waals surface area contributed by atoms with Gasteiger partial charge < -0.3 is 19.5 Å². The van der Waals surface area contributed by atoms with E-state index in [0.717, 1.165) is 10.9 Å². The largest absolute Gasteiger partial charge is 0.450 e. The highest BCUT2D eigenvalue weighted by atomic mass is 35.5. The number of fused-ring (bicyclic) bond motifs is 1. The molecular formula is C16H18ClN3O3. The third kappa shape index (κ3) is 3.12. The molecule has 122 valence electrons. The van der Waals surface area contributed by atoms with Crippen molar-refractivity contribution in [3.05, 3.63) is 35.0 Å². The lowest BCUT2D eigenvalue weighted by atomic mass is 10.1. The molecule has 0 unspecified atom stereocenters. The molecule has 1 aromatic heterocycles. The van der Waals surface area contributed by atoms with Crippen molar-refractivity contribution in [2.45, 2.75) is 6.92 Å². The summed E-state index contributed by atoms with van der Waals surface area (Å²) in [6.45, 7) is 4.10. The molecule has 2 aromatic rings. The molecule has 3 rings (SSSR count). The number of carbonyl (C=O) groups is 2. The van der Waals surface area contributed by atoms with Crippen LogP contribution in [0.25, 0.3) is 10.9 Å². The van der Waals surface area contributed by atoms with E-state index in [1.54, 1.807) is 35.1 Å². The van der Waals surface area contributed by atoms with Crippen LogP contribution in [0, 0.1) is 0 Å². The van der Waals surface area contributed by atoms with Gasteiger partial charge in [-0.3, -0.25) is 4.79 Å². The lowest BCUT2D eigenvalue weighted by Gasteiger charge is -2.34. The van der Waals surface area contributed by atoms with Crippen LogP contribution in [0.2, 0.25) is 5.02 Å². The monoisotopic (exact) mass is 335 g/mol. The Balaban J connectivity index is 1.70. The molecule has 1 aliphatic heterocycles. The van der Waals surface area contributed by atoms with Crippen LogP contribution in [-0.4, -0.2) is 59.6 Å². The van der Waals surface area contributed by atoms with E-state index in [0.29, 0.717) is 43.4 Å². The maximum atomic E-state index is 12.7. The molecule has 23 heavy (non-hydrogen) atoms. The Morgan fingerprint density at radius 2 is 1.91 bits per heavy atom. The summed E-state index contributed by atoms with van der Waals surface area (Å²) < 4.78 is 4.98. The number of H-pyrrole nitrogens is 1. The molecule has 2 heterocycles. The third-order valence-electron chi connectivity index (χ3n) is 3.97. The molecule has 0 spiro atoms. The number of ether oxygens (including phenoxy) is 1. The van der Waals surface area contributed by atoms with Gasteiger partial charge in [-0.15, -0.1) is 0 Å². The maximum Gasteiger partial charge on any atom is 0.409 e. The summed E-state index contributed by atoms with van der Waals surface area (Å²) >= 11 is 5.96. The molecule has 0 saturated carbocycles. The molecular weight excluding hydrogens is 318 g/mol. The minimum Gasteiger partial charge on any atom is -0.450 e. The second-order valence-electron chi connectivity index (χ2n) is 5.37. The van der Waals surface area contributed by atoms with Crippen molar-refractivity contribution < 1.29 is 14.3 Å². The quantitative estimate of drug-likeness (QED) is 0.917. The molecule has 1 N–H and O–H groups in total. The van der Waals surface area contributed by atoms with Crippen molar-refractivity contribution in [3.8, 4) is 0 Å². The molecule has 0 aliphatic carbocycles. The molecule has 0 bridgehead atoms. The Bertz CT molecular complexity index is 735. The van der Waals surface area contributed by atoms with E-state index in [1.165, 1.54) is 0 Å². The van der Waals surface area contributed by atoms with Crippen molar-refractivity contribution in [2.75, 3.05) is 32.8 Å².